The highest BCUT2D eigenvalue weighted by atomic mass is 15.0. The van der Waals surface area contributed by atoms with Crippen molar-refractivity contribution in [1.29, 1.82) is 0 Å². The van der Waals surface area contributed by atoms with E-state index in [2.05, 4.69) is 135 Å². The van der Waals surface area contributed by atoms with E-state index < -0.39 is 0 Å². The Balaban J connectivity index is 1.41. The monoisotopic (exact) mass is 577 g/mol. The largest absolute Gasteiger partial charge is 0.208 e. The molecule has 3 heteroatoms. The molecule has 6 aromatic carbocycles. The van der Waals surface area contributed by atoms with Crippen LogP contribution in [-0.4, -0.2) is 15.0 Å². The van der Waals surface area contributed by atoms with Gasteiger partial charge in [-0.15, -0.1) is 0 Å². The summed E-state index contributed by atoms with van der Waals surface area (Å²) in [6, 6.07) is 53.0. The predicted molar refractivity (Wildman–Crippen MR) is 185 cm³/mol. The maximum atomic E-state index is 5.30. The first-order chi connectivity index (χ1) is 22.1. The van der Waals surface area contributed by atoms with Crippen LogP contribution in [-0.2, 0) is 5.41 Å². The minimum atomic E-state index is -0.120. The molecule has 0 unspecified atom stereocenters. The van der Waals surface area contributed by atoms with Gasteiger partial charge in [-0.3, -0.25) is 0 Å². The SMILES string of the molecule is CC1(C)c2ccccc2-c2c(-c3nc(-c4ccccc4)nc(-c4cc(-c5ccccc5)ccc4-c4ccccc4)n3)cccc21. The maximum Gasteiger partial charge on any atom is 0.164 e. The number of rotatable bonds is 5. The van der Waals surface area contributed by atoms with E-state index in [-0.39, 0.29) is 5.41 Å². The summed E-state index contributed by atoms with van der Waals surface area (Å²) in [5, 5.41) is 0. The normalized spacial score (nSPS) is 12.8. The Kier molecular flexibility index (Phi) is 6.46. The molecule has 0 N–H and O–H groups in total. The standard InChI is InChI=1S/C42H31N3/c1-42(2)36-23-13-12-21-33(36)38-34(22-14-24-37(38)42)40-43-39(30-19-10-5-11-20-30)44-41(45-40)35-27-31(28-15-6-3-7-16-28)25-26-32(35)29-17-8-4-9-18-29/h3-27H,1-2H3. The van der Waals surface area contributed by atoms with Gasteiger partial charge in [-0.1, -0.05) is 159 Å². The number of aromatic nitrogens is 3. The molecule has 7 aromatic rings. The zero-order valence-corrected chi connectivity index (χ0v) is 25.3. The second-order valence-corrected chi connectivity index (χ2v) is 12.1. The Hall–Kier alpha value is -5.67. The van der Waals surface area contributed by atoms with Gasteiger partial charge in [-0.05, 0) is 50.6 Å². The number of hydrogen-bond donors (Lipinski definition) is 0. The summed E-state index contributed by atoms with van der Waals surface area (Å²) in [6.45, 7) is 4.60. The van der Waals surface area contributed by atoms with Crippen LogP contribution < -0.4 is 0 Å². The van der Waals surface area contributed by atoms with Gasteiger partial charge >= 0.3 is 0 Å². The van der Waals surface area contributed by atoms with Crippen LogP contribution >= 0.6 is 0 Å². The van der Waals surface area contributed by atoms with Crippen LogP contribution in [0.5, 0.6) is 0 Å². The lowest BCUT2D eigenvalue weighted by atomic mass is 9.82. The topological polar surface area (TPSA) is 38.7 Å². The number of nitrogens with zero attached hydrogens (tertiary/aromatic N) is 3. The maximum absolute atomic E-state index is 5.30. The van der Waals surface area contributed by atoms with Gasteiger partial charge in [-0.25, -0.2) is 15.0 Å². The molecule has 0 atom stereocenters. The quantitative estimate of drug-likeness (QED) is 0.204. The summed E-state index contributed by atoms with van der Waals surface area (Å²) in [4.78, 5) is 15.6. The van der Waals surface area contributed by atoms with Crippen molar-refractivity contribution in [3.8, 4) is 67.5 Å². The average Bonchev–Trinajstić information content (AvgIpc) is 3.35. The van der Waals surface area contributed by atoms with Gasteiger partial charge in [-0.2, -0.15) is 0 Å². The first-order valence-corrected chi connectivity index (χ1v) is 15.4. The molecule has 0 amide bonds. The lowest BCUT2D eigenvalue weighted by molar-refractivity contribution is 0.660. The molecule has 1 aliphatic rings. The third-order valence-corrected chi connectivity index (χ3v) is 8.97. The molecular formula is C42H31N3. The molecule has 0 aliphatic heterocycles. The molecule has 45 heavy (non-hydrogen) atoms. The summed E-state index contributed by atoms with van der Waals surface area (Å²) in [5.74, 6) is 1.98. The smallest absolute Gasteiger partial charge is 0.164 e. The minimum absolute atomic E-state index is 0.120. The number of hydrogen-bond acceptors (Lipinski definition) is 3. The fourth-order valence-electron chi connectivity index (χ4n) is 6.68. The van der Waals surface area contributed by atoms with Gasteiger partial charge in [0.25, 0.3) is 0 Å². The van der Waals surface area contributed by atoms with Gasteiger partial charge in [0.1, 0.15) is 0 Å². The third-order valence-electron chi connectivity index (χ3n) is 8.97. The van der Waals surface area contributed by atoms with Crippen LogP contribution in [0.1, 0.15) is 25.0 Å². The van der Waals surface area contributed by atoms with Crippen LogP contribution in [0.4, 0.5) is 0 Å². The van der Waals surface area contributed by atoms with Crippen molar-refractivity contribution < 1.29 is 0 Å². The van der Waals surface area contributed by atoms with Crippen LogP contribution in [0.3, 0.4) is 0 Å². The Bertz CT molecular complexity index is 2170. The third kappa shape index (κ3) is 4.65. The first kappa shape index (κ1) is 26.9. The fourth-order valence-corrected chi connectivity index (χ4v) is 6.68. The van der Waals surface area contributed by atoms with Crippen molar-refractivity contribution in [2.24, 2.45) is 0 Å². The molecule has 1 aromatic heterocycles. The van der Waals surface area contributed by atoms with E-state index >= 15 is 0 Å². The van der Waals surface area contributed by atoms with E-state index in [0.29, 0.717) is 17.5 Å². The summed E-state index contributed by atoms with van der Waals surface area (Å²) < 4.78 is 0. The predicted octanol–water partition coefficient (Wildman–Crippen LogP) is 10.5. The zero-order valence-electron chi connectivity index (χ0n) is 25.3. The van der Waals surface area contributed by atoms with E-state index in [1.807, 2.05) is 30.3 Å². The van der Waals surface area contributed by atoms with Crippen LogP contribution in [0, 0.1) is 0 Å². The minimum Gasteiger partial charge on any atom is -0.208 e. The molecule has 0 bridgehead atoms. The Morgan fingerprint density at radius 3 is 1.60 bits per heavy atom. The highest BCUT2D eigenvalue weighted by molar-refractivity contribution is 5.92. The summed E-state index contributed by atoms with van der Waals surface area (Å²) >= 11 is 0. The van der Waals surface area contributed by atoms with E-state index in [1.165, 1.54) is 22.3 Å². The Morgan fingerprint density at radius 2 is 0.889 bits per heavy atom. The van der Waals surface area contributed by atoms with Crippen molar-refractivity contribution in [2.75, 3.05) is 0 Å². The van der Waals surface area contributed by atoms with Crippen molar-refractivity contribution in [1.82, 2.24) is 15.0 Å². The molecule has 0 radical (unpaired) electrons. The number of benzene rings is 6. The molecule has 8 rings (SSSR count). The summed E-state index contributed by atoms with van der Waals surface area (Å²) in [7, 11) is 0. The van der Waals surface area contributed by atoms with Gasteiger partial charge in [0.05, 0.1) is 0 Å². The van der Waals surface area contributed by atoms with E-state index in [0.717, 1.165) is 38.9 Å². The van der Waals surface area contributed by atoms with Crippen LogP contribution in [0.2, 0.25) is 0 Å². The van der Waals surface area contributed by atoms with Crippen molar-refractivity contribution in [2.45, 2.75) is 19.3 Å². The Morgan fingerprint density at radius 1 is 0.356 bits per heavy atom. The van der Waals surface area contributed by atoms with Gasteiger partial charge in [0, 0.05) is 22.1 Å². The van der Waals surface area contributed by atoms with E-state index in [9.17, 15) is 0 Å². The highest BCUT2D eigenvalue weighted by Gasteiger charge is 2.37. The number of fused-ring (bicyclic) bond motifs is 3. The molecule has 1 heterocycles. The molecule has 214 valence electrons. The lowest BCUT2D eigenvalue weighted by Gasteiger charge is -2.21. The zero-order chi connectivity index (χ0) is 30.4. The van der Waals surface area contributed by atoms with E-state index in [4.69, 9.17) is 15.0 Å². The Labute approximate surface area is 264 Å². The van der Waals surface area contributed by atoms with Crippen molar-refractivity contribution in [3.05, 3.63) is 163 Å². The molecule has 0 saturated carbocycles. The molecule has 0 fully saturated rings. The average molecular weight is 578 g/mol. The van der Waals surface area contributed by atoms with Crippen molar-refractivity contribution >= 4 is 0 Å². The molecule has 1 aliphatic carbocycles. The van der Waals surface area contributed by atoms with Gasteiger partial charge < -0.3 is 0 Å². The van der Waals surface area contributed by atoms with Crippen LogP contribution in [0.25, 0.3) is 67.5 Å². The molecule has 3 nitrogen and oxygen atoms in total. The highest BCUT2D eigenvalue weighted by Crippen LogP contribution is 2.51. The van der Waals surface area contributed by atoms with Gasteiger partial charge in [0.2, 0.25) is 0 Å². The summed E-state index contributed by atoms with van der Waals surface area (Å²) in [6.07, 6.45) is 0. The second kappa shape index (κ2) is 10.8. The van der Waals surface area contributed by atoms with Crippen molar-refractivity contribution in [3.63, 3.8) is 0 Å². The molecule has 0 saturated heterocycles. The first-order valence-electron chi connectivity index (χ1n) is 15.4. The van der Waals surface area contributed by atoms with Gasteiger partial charge in [0.15, 0.2) is 17.5 Å². The summed E-state index contributed by atoms with van der Waals surface area (Å²) in [5.41, 5.74) is 12.4. The lowest BCUT2D eigenvalue weighted by Crippen LogP contribution is -2.14. The molecular weight excluding hydrogens is 546 g/mol. The van der Waals surface area contributed by atoms with Crippen LogP contribution in [0.15, 0.2) is 152 Å². The fraction of sp³-hybridized carbons (Fsp3) is 0.0714. The second-order valence-electron chi connectivity index (χ2n) is 12.1. The van der Waals surface area contributed by atoms with E-state index in [1.54, 1.807) is 0 Å². The molecule has 0 spiro atoms.